The molecule has 5 N–H and O–H groups in total. The van der Waals surface area contributed by atoms with Crippen molar-refractivity contribution in [1.29, 1.82) is 0 Å². The molecular weight excluding hydrogens is 699 g/mol. The molecule has 4 aliphatic carbocycles. The molecule has 5 aliphatic rings. The van der Waals surface area contributed by atoms with E-state index in [0.29, 0.717) is 22.3 Å². The van der Waals surface area contributed by atoms with Gasteiger partial charge in [-0.05, 0) is 133 Å². The number of rotatable bonds is 8. The van der Waals surface area contributed by atoms with Gasteiger partial charge in [-0.25, -0.2) is 4.79 Å². The quantitative estimate of drug-likeness (QED) is 0.175. The summed E-state index contributed by atoms with van der Waals surface area (Å²) in [6.07, 6.45) is 29.9. The molecule has 3 aromatic carbocycles. The molecule has 4 fully saturated rings. The Kier molecular flexibility index (Phi) is 14.7. The predicted octanol–water partition coefficient (Wildman–Crippen LogP) is 6.49. The molecule has 0 radical (unpaired) electrons. The molecule has 9 nitrogen and oxygen atoms in total. The van der Waals surface area contributed by atoms with Crippen molar-refractivity contribution in [2.24, 2.45) is 0 Å². The number of cyclic esters (lactones) is 1. The summed E-state index contributed by atoms with van der Waals surface area (Å²) in [6.45, 7) is 0. The third-order valence-corrected chi connectivity index (χ3v) is 12.6. The molecule has 8 rings (SSSR count). The SMILES string of the molecule is C1CCC([NH2+]C2CCCCC2)CC1.C1CCC([NH2+]C2CCCCC2)CC1.O=C1OC(c2ccc(O)cc2)(c2ccc(OP(=O)([O-])[O-])cc2)c2ccccc21. The Hall–Kier alpha value is -3.20. The Morgan fingerprint density at radius 2 is 0.981 bits per heavy atom. The molecule has 1 heterocycles. The topological polar surface area (TPSA) is 152 Å². The van der Waals surface area contributed by atoms with E-state index in [4.69, 9.17) is 4.74 Å². The lowest BCUT2D eigenvalue weighted by Gasteiger charge is -2.31. The Morgan fingerprint density at radius 3 is 1.39 bits per heavy atom. The van der Waals surface area contributed by atoms with Crippen LogP contribution >= 0.6 is 7.82 Å². The number of phenolic OH excluding ortho intramolecular Hbond substituents is 1. The molecule has 0 aromatic heterocycles. The maximum Gasteiger partial charge on any atom is 0.340 e. The highest BCUT2D eigenvalue weighted by atomic mass is 31.2. The average Bonchev–Trinajstić information content (AvgIpc) is 3.50. The number of carbonyl (C=O) groups is 1. The maximum atomic E-state index is 12.5. The smallest absolute Gasteiger partial charge is 0.340 e. The van der Waals surface area contributed by atoms with Gasteiger partial charge in [0.05, 0.1) is 29.7 Å². The van der Waals surface area contributed by atoms with Crippen LogP contribution in [0.2, 0.25) is 0 Å². The van der Waals surface area contributed by atoms with Crippen LogP contribution in [-0.4, -0.2) is 35.2 Å². The van der Waals surface area contributed by atoms with Crippen LogP contribution in [0.3, 0.4) is 0 Å². The summed E-state index contributed by atoms with van der Waals surface area (Å²) in [7, 11) is -5.18. The minimum Gasteiger partial charge on any atom is -0.780 e. The van der Waals surface area contributed by atoms with E-state index < -0.39 is 19.4 Å². The van der Waals surface area contributed by atoms with Crippen molar-refractivity contribution in [2.75, 3.05) is 0 Å². The summed E-state index contributed by atoms with van der Waals surface area (Å²) in [6, 6.07) is 22.8. The van der Waals surface area contributed by atoms with Gasteiger partial charge in [0, 0.05) is 16.7 Å². The summed E-state index contributed by atoms with van der Waals surface area (Å²) in [5.41, 5.74) is 0.835. The highest BCUT2D eigenvalue weighted by Crippen LogP contribution is 2.47. The van der Waals surface area contributed by atoms with Crippen LogP contribution < -0.4 is 24.9 Å². The van der Waals surface area contributed by atoms with Gasteiger partial charge in [-0.3, -0.25) is 0 Å². The Morgan fingerprint density at radius 1 is 0.593 bits per heavy atom. The molecule has 0 bridgehead atoms. The number of phosphoric acid groups is 1. The zero-order valence-corrected chi connectivity index (χ0v) is 32.8. The van der Waals surface area contributed by atoms with E-state index in [1.165, 1.54) is 165 Å². The number of nitrogens with two attached hydrogens (primary N) is 2. The van der Waals surface area contributed by atoms with Crippen LogP contribution in [0.25, 0.3) is 0 Å². The van der Waals surface area contributed by atoms with Crippen LogP contribution in [-0.2, 0) is 14.9 Å². The Balaban J connectivity index is 0.000000158. The summed E-state index contributed by atoms with van der Waals surface area (Å²) in [5, 5.41) is 15.1. The fourth-order valence-corrected chi connectivity index (χ4v) is 9.84. The van der Waals surface area contributed by atoms with E-state index in [2.05, 4.69) is 15.2 Å². The lowest BCUT2D eigenvalue weighted by Crippen LogP contribution is -2.95. The molecule has 3 aromatic rings. The van der Waals surface area contributed by atoms with Gasteiger partial charge in [0.1, 0.15) is 19.3 Å². The van der Waals surface area contributed by atoms with Crippen molar-refractivity contribution in [2.45, 2.75) is 158 Å². The van der Waals surface area contributed by atoms with Crippen LogP contribution in [0.15, 0.2) is 72.8 Å². The highest BCUT2D eigenvalue weighted by molar-refractivity contribution is 7.43. The molecule has 0 spiro atoms. The number of esters is 1. The predicted molar refractivity (Wildman–Crippen MR) is 206 cm³/mol. The minimum atomic E-state index is -5.18. The van der Waals surface area contributed by atoms with Gasteiger partial charge in [0.2, 0.25) is 0 Å². The van der Waals surface area contributed by atoms with Gasteiger partial charge in [0.15, 0.2) is 5.60 Å². The number of hydrogen-bond donors (Lipinski definition) is 3. The number of carbonyl (C=O) groups excluding carboxylic acids is 1. The summed E-state index contributed by atoms with van der Waals surface area (Å²) in [4.78, 5) is 34.2. The lowest BCUT2D eigenvalue weighted by molar-refractivity contribution is -0.726. The van der Waals surface area contributed by atoms with Crippen LogP contribution in [0.4, 0.5) is 0 Å². The van der Waals surface area contributed by atoms with Gasteiger partial charge in [-0.1, -0.05) is 68.1 Å². The fraction of sp³-hybridized carbons (Fsp3) is 0.568. The molecule has 294 valence electrons. The van der Waals surface area contributed by atoms with E-state index >= 15 is 0 Å². The standard InChI is InChI=1S/C20H15O7P.2C12H23N/c21-15-9-5-13(6-10-15)20(18-4-2-1-3-17(18)19(22)26-20)14-7-11-16(12-8-14)27-28(23,24)25;2*1-3-7-11(8-4-1)13-12-9-5-2-6-10-12/h1-12,21H,(H2,23,24,25);2*11-13H,1-10H2. The molecular formula is C44H61N2O7P. The van der Waals surface area contributed by atoms with E-state index in [1.54, 1.807) is 36.4 Å². The highest BCUT2D eigenvalue weighted by Gasteiger charge is 2.48. The number of fused-ring (bicyclic) bond motifs is 1. The van der Waals surface area contributed by atoms with Gasteiger partial charge < -0.3 is 39.4 Å². The number of hydrogen-bond acceptors (Lipinski definition) is 7. The van der Waals surface area contributed by atoms with Crippen molar-refractivity contribution in [3.8, 4) is 11.5 Å². The molecule has 1 unspecified atom stereocenters. The number of phosphoric ester groups is 1. The molecule has 1 atom stereocenters. The van der Waals surface area contributed by atoms with E-state index in [-0.39, 0.29) is 11.5 Å². The molecule has 10 heteroatoms. The third kappa shape index (κ3) is 11.2. The lowest BCUT2D eigenvalue weighted by atomic mass is 9.80. The molecule has 0 saturated heterocycles. The van der Waals surface area contributed by atoms with E-state index in [0.717, 1.165) is 24.2 Å². The largest absolute Gasteiger partial charge is 0.780 e. The fourth-order valence-electron chi connectivity index (χ4n) is 9.46. The second-order valence-electron chi connectivity index (χ2n) is 16.2. The van der Waals surface area contributed by atoms with Crippen molar-refractivity contribution in [3.63, 3.8) is 0 Å². The number of phenols is 1. The van der Waals surface area contributed by atoms with Crippen LogP contribution in [0, 0.1) is 0 Å². The van der Waals surface area contributed by atoms with Crippen LogP contribution in [0.5, 0.6) is 11.5 Å². The zero-order valence-electron chi connectivity index (χ0n) is 31.9. The third-order valence-electron chi connectivity index (χ3n) is 12.2. The zero-order chi connectivity index (χ0) is 37.8. The summed E-state index contributed by atoms with van der Waals surface area (Å²) < 4.78 is 21.0. The van der Waals surface area contributed by atoms with Crippen LogP contribution in [0.1, 0.15) is 155 Å². The summed E-state index contributed by atoms with van der Waals surface area (Å²) >= 11 is 0. The maximum absolute atomic E-state index is 12.5. The molecule has 4 saturated carbocycles. The first kappa shape index (κ1) is 40.5. The molecule has 54 heavy (non-hydrogen) atoms. The molecule has 0 amide bonds. The normalized spacial score (nSPS) is 22.9. The Bertz CT molecular complexity index is 1570. The van der Waals surface area contributed by atoms with Gasteiger partial charge in [0.25, 0.3) is 0 Å². The van der Waals surface area contributed by atoms with Gasteiger partial charge in [-0.15, -0.1) is 0 Å². The Labute approximate surface area is 321 Å². The van der Waals surface area contributed by atoms with Crippen molar-refractivity contribution < 1.29 is 44.1 Å². The van der Waals surface area contributed by atoms with Crippen molar-refractivity contribution >= 4 is 13.8 Å². The number of ether oxygens (including phenoxy) is 1. The van der Waals surface area contributed by atoms with E-state index in [1.807, 2.05) is 0 Å². The minimum absolute atomic E-state index is 0.0573. The average molecular weight is 761 g/mol. The number of benzene rings is 3. The first-order chi connectivity index (χ1) is 26.2. The molecule has 1 aliphatic heterocycles. The summed E-state index contributed by atoms with van der Waals surface area (Å²) in [5.74, 6) is -0.593. The number of quaternary nitrogens is 2. The van der Waals surface area contributed by atoms with Gasteiger partial charge >= 0.3 is 5.97 Å². The second-order valence-corrected chi connectivity index (χ2v) is 17.3. The first-order valence-electron chi connectivity index (χ1n) is 20.8. The second kappa shape index (κ2) is 19.6. The monoisotopic (exact) mass is 760 g/mol. The first-order valence-corrected chi connectivity index (χ1v) is 22.3. The van der Waals surface area contributed by atoms with E-state index in [9.17, 15) is 24.3 Å². The van der Waals surface area contributed by atoms with Gasteiger partial charge in [-0.2, -0.15) is 0 Å². The number of aromatic hydroxyl groups is 1. The van der Waals surface area contributed by atoms with Crippen molar-refractivity contribution in [1.82, 2.24) is 0 Å². The van der Waals surface area contributed by atoms with Crippen molar-refractivity contribution in [3.05, 3.63) is 95.1 Å².